The van der Waals surface area contributed by atoms with E-state index in [4.69, 9.17) is 0 Å². The van der Waals surface area contributed by atoms with Crippen LogP contribution in [-0.2, 0) is 11.3 Å². The van der Waals surface area contributed by atoms with Crippen molar-refractivity contribution in [2.45, 2.75) is 13.5 Å². The maximum absolute atomic E-state index is 11.4. The first-order valence-corrected chi connectivity index (χ1v) is 5.01. The number of carbonyl (C=O) groups is 1. The van der Waals surface area contributed by atoms with Gasteiger partial charge in [-0.05, 0) is 25.1 Å². The fourth-order valence-corrected chi connectivity index (χ4v) is 1.33. The SMILES string of the molecule is C=C(C)C(=O)CN(C)Cc1ccccc1. The van der Waals surface area contributed by atoms with Gasteiger partial charge >= 0.3 is 0 Å². The average molecular weight is 203 g/mol. The van der Waals surface area contributed by atoms with Crippen LogP contribution in [0.1, 0.15) is 12.5 Å². The predicted octanol–water partition coefficient (Wildman–Crippen LogP) is 2.26. The molecule has 0 bridgehead atoms. The molecule has 0 N–H and O–H groups in total. The van der Waals surface area contributed by atoms with Crippen LogP contribution in [0.25, 0.3) is 0 Å². The lowest BCUT2D eigenvalue weighted by atomic mass is 10.2. The summed E-state index contributed by atoms with van der Waals surface area (Å²) in [5, 5.41) is 0. The number of ketones is 1. The Bertz CT molecular complexity index is 343. The predicted molar refractivity (Wildman–Crippen MR) is 62.6 cm³/mol. The number of likely N-dealkylation sites (N-methyl/N-ethyl adjacent to an activating group) is 1. The number of Topliss-reactive ketones (excluding diaryl/α,β-unsaturated/α-hetero) is 1. The molecule has 1 aromatic carbocycles. The normalized spacial score (nSPS) is 10.3. The number of hydrogen-bond donors (Lipinski definition) is 0. The Morgan fingerprint density at radius 2 is 1.93 bits per heavy atom. The molecule has 80 valence electrons. The third-order valence-corrected chi connectivity index (χ3v) is 2.18. The number of rotatable bonds is 5. The first-order chi connectivity index (χ1) is 7.09. The molecule has 0 unspecified atom stereocenters. The molecule has 0 saturated heterocycles. The van der Waals surface area contributed by atoms with E-state index >= 15 is 0 Å². The van der Waals surface area contributed by atoms with E-state index in [1.807, 2.05) is 30.1 Å². The van der Waals surface area contributed by atoms with Crippen molar-refractivity contribution in [3.8, 4) is 0 Å². The first kappa shape index (κ1) is 11.7. The molecule has 0 saturated carbocycles. The highest BCUT2D eigenvalue weighted by Crippen LogP contribution is 2.03. The van der Waals surface area contributed by atoms with Gasteiger partial charge in [-0.2, -0.15) is 0 Å². The zero-order chi connectivity index (χ0) is 11.3. The van der Waals surface area contributed by atoms with Crippen LogP contribution in [0.3, 0.4) is 0 Å². The molecule has 15 heavy (non-hydrogen) atoms. The summed E-state index contributed by atoms with van der Waals surface area (Å²) in [7, 11) is 1.94. The van der Waals surface area contributed by atoms with Crippen LogP contribution in [-0.4, -0.2) is 24.3 Å². The monoisotopic (exact) mass is 203 g/mol. The van der Waals surface area contributed by atoms with E-state index in [1.54, 1.807) is 6.92 Å². The van der Waals surface area contributed by atoms with E-state index in [-0.39, 0.29) is 5.78 Å². The largest absolute Gasteiger partial charge is 0.295 e. The van der Waals surface area contributed by atoms with E-state index in [0.717, 1.165) is 6.54 Å². The summed E-state index contributed by atoms with van der Waals surface area (Å²) in [6.07, 6.45) is 0. The van der Waals surface area contributed by atoms with Crippen molar-refractivity contribution in [2.24, 2.45) is 0 Å². The van der Waals surface area contributed by atoms with Crippen LogP contribution in [0.4, 0.5) is 0 Å². The molecule has 2 nitrogen and oxygen atoms in total. The van der Waals surface area contributed by atoms with Crippen LogP contribution in [0.2, 0.25) is 0 Å². The van der Waals surface area contributed by atoms with Gasteiger partial charge in [-0.15, -0.1) is 0 Å². The number of hydrogen-bond acceptors (Lipinski definition) is 2. The van der Waals surface area contributed by atoms with Crippen LogP contribution < -0.4 is 0 Å². The molecule has 0 aliphatic heterocycles. The van der Waals surface area contributed by atoms with Crippen LogP contribution in [0.5, 0.6) is 0 Å². The van der Waals surface area contributed by atoms with Crippen molar-refractivity contribution in [1.29, 1.82) is 0 Å². The van der Waals surface area contributed by atoms with Gasteiger partial charge in [0, 0.05) is 6.54 Å². The Kier molecular flexibility index (Phi) is 4.25. The Morgan fingerprint density at radius 3 is 2.47 bits per heavy atom. The van der Waals surface area contributed by atoms with Crippen LogP contribution in [0, 0.1) is 0 Å². The summed E-state index contributed by atoms with van der Waals surface area (Å²) in [5.41, 5.74) is 1.84. The zero-order valence-corrected chi connectivity index (χ0v) is 9.36. The summed E-state index contributed by atoms with van der Waals surface area (Å²) in [5.74, 6) is 0.105. The van der Waals surface area contributed by atoms with E-state index in [1.165, 1.54) is 5.56 Å². The Labute approximate surface area is 91.2 Å². The second-order valence-corrected chi connectivity index (χ2v) is 3.86. The third kappa shape index (κ3) is 4.09. The summed E-state index contributed by atoms with van der Waals surface area (Å²) in [6, 6.07) is 10.1. The number of benzene rings is 1. The van der Waals surface area contributed by atoms with E-state index in [0.29, 0.717) is 12.1 Å². The number of carbonyl (C=O) groups excluding carboxylic acids is 1. The molecule has 2 heteroatoms. The Hall–Kier alpha value is -1.41. The molecule has 0 heterocycles. The van der Waals surface area contributed by atoms with E-state index < -0.39 is 0 Å². The minimum atomic E-state index is 0.105. The maximum Gasteiger partial charge on any atom is 0.171 e. The molecule has 0 aliphatic carbocycles. The summed E-state index contributed by atoms with van der Waals surface area (Å²) >= 11 is 0. The standard InChI is InChI=1S/C13H17NO/c1-11(2)13(15)10-14(3)9-12-7-5-4-6-8-12/h4-8H,1,9-10H2,2-3H3. The second kappa shape index (κ2) is 5.47. The molecule has 0 aromatic heterocycles. The fraction of sp³-hybridized carbons (Fsp3) is 0.308. The molecule has 0 aliphatic rings. The van der Waals surface area contributed by atoms with Gasteiger partial charge in [0.05, 0.1) is 6.54 Å². The first-order valence-electron chi connectivity index (χ1n) is 5.01. The van der Waals surface area contributed by atoms with Crippen LogP contribution >= 0.6 is 0 Å². The maximum atomic E-state index is 11.4. The quantitative estimate of drug-likeness (QED) is 0.684. The molecule has 0 atom stereocenters. The Morgan fingerprint density at radius 1 is 1.33 bits per heavy atom. The minimum absolute atomic E-state index is 0.105. The lowest BCUT2D eigenvalue weighted by Crippen LogP contribution is -2.25. The van der Waals surface area contributed by atoms with E-state index in [2.05, 4.69) is 18.7 Å². The molecule has 0 fully saturated rings. The van der Waals surface area contributed by atoms with Crippen molar-refractivity contribution in [3.63, 3.8) is 0 Å². The van der Waals surface area contributed by atoms with E-state index in [9.17, 15) is 4.79 Å². The molecule has 0 spiro atoms. The van der Waals surface area contributed by atoms with Gasteiger partial charge in [-0.3, -0.25) is 9.69 Å². The molecule has 0 radical (unpaired) electrons. The summed E-state index contributed by atoms with van der Waals surface area (Å²) < 4.78 is 0. The summed E-state index contributed by atoms with van der Waals surface area (Å²) in [4.78, 5) is 13.4. The molecular formula is C13H17NO. The molecule has 0 amide bonds. The topological polar surface area (TPSA) is 20.3 Å². The van der Waals surface area contributed by atoms with Gasteiger partial charge in [0.15, 0.2) is 5.78 Å². The van der Waals surface area contributed by atoms with Crippen molar-refractivity contribution < 1.29 is 4.79 Å². The molecule has 1 rings (SSSR count). The van der Waals surface area contributed by atoms with Crippen molar-refractivity contribution in [1.82, 2.24) is 4.90 Å². The van der Waals surface area contributed by atoms with Crippen molar-refractivity contribution in [2.75, 3.05) is 13.6 Å². The van der Waals surface area contributed by atoms with Crippen molar-refractivity contribution >= 4 is 5.78 Å². The van der Waals surface area contributed by atoms with Gasteiger partial charge in [-0.25, -0.2) is 0 Å². The summed E-state index contributed by atoms with van der Waals surface area (Å²) in [6.45, 7) is 6.61. The number of nitrogens with zero attached hydrogens (tertiary/aromatic N) is 1. The molecular weight excluding hydrogens is 186 g/mol. The van der Waals surface area contributed by atoms with Gasteiger partial charge in [0.1, 0.15) is 0 Å². The Balaban J connectivity index is 2.46. The lowest BCUT2D eigenvalue weighted by Gasteiger charge is -2.15. The zero-order valence-electron chi connectivity index (χ0n) is 9.36. The second-order valence-electron chi connectivity index (χ2n) is 3.86. The third-order valence-electron chi connectivity index (χ3n) is 2.18. The van der Waals surface area contributed by atoms with Gasteiger partial charge < -0.3 is 0 Å². The van der Waals surface area contributed by atoms with Crippen molar-refractivity contribution in [3.05, 3.63) is 48.0 Å². The lowest BCUT2D eigenvalue weighted by molar-refractivity contribution is -0.116. The average Bonchev–Trinajstić information content (AvgIpc) is 2.18. The van der Waals surface area contributed by atoms with Crippen LogP contribution in [0.15, 0.2) is 42.5 Å². The fourth-order valence-electron chi connectivity index (χ4n) is 1.33. The highest BCUT2D eigenvalue weighted by atomic mass is 16.1. The van der Waals surface area contributed by atoms with Gasteiger partial charge in [-0.1, -0.05) is 36.9 Å². The van der Waals surface area contributed by atoms with Gasteiger partial charge in [0.25, 0.3) is 0 Å². The smallest absolute Gasteiger partial charge is 0.171 e. The highest BCUT2D eigenvalue weighted by molar-refractivity contribution is 5.95. The highest BCUT2D eigenvalue weighted by Gasteiger charge is 2.06. The minimum Gasteiger partial charge on any atom is -0.295 e. The molecule has 1 aromatic rings. The van der Waals surface area contributed by atoms with Gasteiger partial charge in [0.2, 0.25) is 0 Å².